The Morgan fingerprint density at radius 3 is 2.75 bits per heavy atom. The normalized spacial score (nSPS) is 20.1. The van der Waals surface area contributed by atoms with Crippen molar-refractivity contribution in [1.82, 2.24) is 16.2 Å². The number of hydrazine groups is 1. The molecule has 0 spiro atoms. The summed E-state index contributed by atoms with van der Waals surface area (Å²) >= 11 is 5.91. The lowest BCUT2D eigenvalue weighted by Crippen LogP contribution is -2.43. The third-order valence-electron chi connectivity index (χ3n) is 4.29. The van der Waals surface area contributed by atoms with E-state index >= 15 is 0 Å². The summed E-state index contributed by atoms with van der Waals surface area (Å²) in [6, 6.07) is 16.0. The van der Waals surface area contributed by atoms with Crippen LogP contribution in [0.15, 0.2) is 48.5 Å². The Morgan fingerprint density at radius 1 is 1.21 bits per heavy atom. The molecule has 0 bridgehead atoms. The van der Waals surface area contributed by atoms with E-state index in [4.69, 9.17) is 11.6 Å². The lowest BCUT2D eigenvalue weighted by molar-refractivity contribution is -0.122. The number of hydrogen-bond acceptors (Lipinski definition) is 3. The summed E-state index contributed by atoms with van der Waals surface area (Å²) in [5, 5.41) is 3.73. The lowest BCUT2D eigenvalue weighted by Gasteiger charge is -2.11. The quantitative estimate of drug-likeness (QED) is 0.782. The molecule has 2 aromatic rings. The van der Waals surface area contributed by atoms with Crippen molar-refractivity contribution in [2.24, 2.45) is 0 Å². The maximum atomic E-state index is 12.3. The molecule has 0 aliphatic carbocycles. The minimum atomic E-state index is -0.219. The Labute approximate surface area is 147 Å². The van der Waals surface area contributed by atoms with Crippen molar-refractivity contribution >= 4 is 17.5 Å². The van der Waals surface area contributed by atoms with E-state index in [-0.39, 0.29) is 18.0 Å². The van der Waals surface area contributed by atoms with Crippen LogP contribution >= 0.6 is 11.6 Å². The molecule has 1 aliphatic rings. The number of amides is 1. The number of carbonyl (C=O) groups is 1. The molecular formula is C19H22ClN3O. The highest BCUT2D eigenvalue weighted by molar-refractivity contribution is 6.30. The average Bonchev–Trinajstić information content (AvgIpc) is 3.05. The number of aryl methyl sites for hydroxylation is 1. The second-order valence-corrected chi connectivity index (χ2v) is 6.65. The third-order valence-corrected chi connectivity index (χ3v) is 4.54. The van der Waals surface area contributed by atoms with E-state index < -0.39 is 0 Å². The molecule has 1 fully saturated rings. The zero-order valence-corrected chi connectivity index (χ0v) is 14.4. The van der Waals surface area contributed by atoms with Crippen LogP contribution in [0.3, 0.4) is 0 Å². The first-order chi connectivity index (χ1) is 11.6. The first-order valence-corrected chi connectivity index (χ1v) is 8.59. The van der Waals surface area contributed by atoms with E-state index in [2.05, 4.69) is 41.3 Å². The predicted octanol–water partition coefficient (Wildman–Crippen LogP) is 2.91. The van der Waals surface area contributed by atoms with Gasteiger partial charge in [-0.05, 0) is 43.0 Å². The zero-order chi connectivity index (χ0) is 16.9. The fourth-order valence-electron chi connectivity index (χ4n) is 2.96. The summed E-state index contributed by atoms with van der Waals surface area (Å²) in [6.07, 6.45) is 1.56. The molecule has 0 aromatic heterocycles. The van der Waals surface area contributed by atoms with E-state index in [0.717, 1.165) is 23.4 Å². The fourth-order valence-corrected chi connectivity index (χ4v) is 3.09. The number of nitrogens with one attached hydrogen (secondary N) is 3. The molecule has 126 valence electrons. The van der Waals surface area contributed by atoms with Crippen LogP contribution in [0, 0.1) is 6.92 Å². The number of benzene rings is 2. The monoisotopic (exact) mass is 343 g/mol. The standard InChI is InChI=1S/C19H22ClN3O/c1-13-3-2-4-14(11-13)9-10-21-19(24)18-12-17(22-23-18)15-5-7-16(20)8-6-15/h2-8,11,17-18,22-23H,9-10,12H2,1H3,(H,21,24). The van der Waals surface area contributed by atoms with Gasteiger partial charge >= 0.3 is 0 Å². The van der Waals surface area contributed by atoms with Crippen molar-refractivity contribution in [1.29, 1.82) is 0 Å². The van der Waals surface area contributed by atoms with Gasteiger partial charge in [-0.15, -0.1) is 0 Å². The van der Waals surface area contributed by atoms with Crippen LogP contribution in [0.4, 0.5) is 0 Å². The van der Waals surface area contributed by atoms with Crippen LogP contribution in [-0.2, 0) is 11.2 Å². The maximum absolute atomic E-state index is 12.3. The topological polar surface area (TPSA) is 53.2 Å². The minimum Gasteiger partial charge on any atom is -0.354 e. The molecule has 3 N–H and O–H groups in total. The minimum absolute atomic E-state index is 0.0339. The van der Waals surface area contributed by atoms with Gasteiger partial charge in [-0.25, -0.2) is 10.9 Å². The van der Waals surface area contributed by atoms with Crippen molar-refractivity contribution in [3.63, 3.8) is 0 Å². The van der Waals surface area contributed by atoms with Gasteiger partial charge in [-0.2, -0.15) is 0 Å². The van der Waals surface area contributed by atoms with Crippen LogP contribution in [0.5, 0.6) is 0 Å². The van der Waals surface area contributed by atoms with Crippen molar-refractivity contribution in [2.45, 2.75) is 31.8 Å². The molecule has 1 heterocycles. The van der Waals surface area contributed by atoms with Crippen molar-refractivity contribution in [3.8, 4) is 0 Å². The molecule has 0 radical (unpaired) electrons. The van der Waals surface area contributed by atoms with E-state index in [1.807, 2.05) is 30.3 Å². The van der Waals surface area contributed by atoms with Gasteiger partial charge in [0.15, 0.2) is 0 Å². The van der Waals surface area contributed by atoms with Gasteiger partial charge in [-0.1, -0.05) is 53.6 Å². The molecule has 3 rings (SSSR count). The molecule has 24 heavy (non-hydrogen) atoms. The van der Waals surface area contributed by atoms with Crippen LogP contribution in [0.25, 0.3) is 0 Å². The molecule has 1 aliphatic heterocycles. The van der Waals surface area contributed by atoms with E-state index in [1.54, 1.807) is 0 Å². The largest absolute Gasteiger partial charge is 0.354 e. The highest BCUT2D eigenvalue weighted by Gasteiger charge is 2.29. The van der Waals surface area contributed by atoms with Crippen LogP contribution < -0.4 is 16.2 Å². The maximum Gasteiger partial charge on any atom is 0.238 e. The summed E-state index contributed by atoms with van der Waals surface area (Å²) in [5.41, 5.74) is 9.88. The summed E-state index contributed by atoms with van der Waals surface area (Å²) < 4.78 is 0. The van der Waals surface area contributed by atoms with Crippen LogP contribution in [0.1, 0.15) is 29.2 Å². The lowest BCUT2D eigenvalue weighted by atomic mass is 10.0. The molecule has 1 saturated heterocycles. The predicted molar refractivity (Wildman–Crippen MR) is 96.8 cm³/mol. The van der Waals surface area contributed by atoms with Gasteiger partial charge in [0.25, 0.3) is 0 Å². The summed E-state index contributed by atoms with van der Waals surface area (Å²) in [7, 11) is 0. The SMILES string of the molecule is Cc1cccc(CCNC(=O)C2CC(c3ccc(Cl)cc3)NN2)c1. The van der Waals surface area contributed by atoms with Crippen molar-refractivity contribution in [3.05, 3.63) is 70.2 Å². The second kappa shape index (κ2) is 7.79. The molecule has 4 nitrogen and oxygen atoms in total. The highest BCUT2D eigenvalue weighted by atomic mass is 35.5. The Hall–Kier alpha value is -1.88. The van der Waals surface area contributed by atoms with Gasteiger partial charge in [0.05, 0.1) is 0 Å². The number of hydrogen-bond donors (Lipinski definition) is 3. The van der Waals surface area contributed by atoms with Gasteiger partial charge in [0.2, 0.25) is 5.91 Å². The molecule has 2 unspecified atom stereocenters. The number of halogens is 1. The Kier molecular flexibility index (Phi) is 5.51. The van der Waals surface area contributed by atoms with Crippen molar-refractivity contribution < 1.29 is 4.79 Å². The summed E-state index contributed by atoms with van der Waals surface area (Å²) in [6.45, 7) is 2.72. The van der Waals surface area contributed by atoms with E-state index in [9.17, 15) is 4.79 Å². The summed E-state index contributed by atoms with van der Waals surface area (Å²) in [5.74, 6) is 0.0339. The molecule has 2 aromatic carbocycles. The third kappa shape index (κ3) is 4.35. The van der Waals surface area contributed by atoms with Crippen LogP contribution in [-0.4, -0.2) is 18.5 Å². The van der Waals surface area contributed by atoms with E-state index in [0.29, 0.717) is 6.54 Å². The van der Waals surface area contributed by atoms with Gasteiger partial charge in [0.1, 0.15) is 6.04 Å². The Bertz CT molecular complexity index is 702. The Balaban J connectivity index is 1.47. The smallest absolute Gasteiger partial charge is 0.238 e. The second-order valence-electron chi connectivity index (χ2n) is 6.21. The fraction of sp³-hybridized carbons (Fsp3) is 0.316. The van der Waals surface area contributed by atoms with Crippen molar-refractivity contribution in [2.75, 3.05) is 6.54 Å². The van der Waals surface area contributed by atoms with Gasteiger partial charge in [0, 0.05) is 17.6 Å². The molecule has 2 atom stereocenters. The first kappa shape index (κ1) is 17.0. The zero-order valence-electron chi connectivity index (χ0n) is 13.7. The van der Waals surface area contributed by atoms with Crippen LogP contribution in [0.2, 0.25) is 5.02 Å². The van der Waals surface area contributed by atoms with Gasteiger partial charge in [-0.3, -0.25) is 4.79 Å². The number of carbonyl (C=O) groups excluding carboxylic acids is 1. The highest BCUT2D eigenvalue weighted by Crippen LogP contribution is 2.23. The molecular weight excluding hydrogens is 322 g/mol. The number of rotatable bonds is 5. The van der Waals surface area contributed by atoms with Gasteiger partial charge < -0.3 is 5.32 Å². The van der Waals surface area contributed by atoms with E-state index in [1.165, 1.54) is 11.1 Å². The average molecular weight is 344 g/mol. The first-order valence-electron chi connectivity index (χ1n) is 8.21. The molecule has 5 heteroatoms. The summed E-state index contributed by atoms with van der Waals surface area (Å²) in [4.78, 5) is 12.3. The Morgan fingerprint density at radius 2 is 2.00 bits per heavy atom. The molecule has 0 saturated carbocycles. The molecule has 1 amide bonds.